The van der Waals surface area contributed by atoms with E-state index in [0.29, 0.717) is 6.61 Å². The van der Waals surface area contributed by atoms with Crippen molar-refractivity contribution >= 4 is 6.16 Å². The fraction of sp³-hybridized carbons (Fsp3) is 0.889. The van der Waals surface area contributed by atoms with Gasteiger partial charge in [-0.05, 0) is 31.7 Å². The van der Waals surface area contributed by atoms with E-state index in [9.17, 15) is 4.79 Å². The van der Waals surface area contributed by atoms with Gasteiger partial charge in [0.1, 0.15) is 5.60 Å². The Morgan fingerprint density at radius 2 is 1.93 bits per heavy atom. The Balaban J connectivity index is 3.49. The normalized spacial score (nSPS) is 11.1. The summed E-state index contributed by atoms with van der Waals surface area (Å²) >= 11 is 0. The molecule has 0 aliphatic rings. The van der Waals surface area contributed by atoms with Crippen LogP contribution in [0.4, 0.5) is 4.79 Å². The van der Waals surface area contributed by atoms with E-state index in [2.05, 4.69) is 14.7 Å². The average Bonchev–Trinajstić information content (AvgIpc) is 2.14. The molecule has 14 heavy (non-hydrogen) atoms. The van der Waals surface area contributed by atoms with Gasteiger partial charge in [0.15, 0.2) is 0 Å². The number of carbonyl (C=O) groups is 1. The van der Waals surface area contributed by atoms with E-state index in [4.69, 9.17) is 4.89 Å². The average molecular weight is 206 g/mol. The highest BCUT2D eigenvalue weighted by Crippen LogP contribution is 2.13. The lowest BCUT2D eigenvalue weighted by Crippen LogP contribution is -2.24. The molecule has 84 valence electrons. The Morgan fingerprint density at radius 3 is 2.43 bits per heavy atom. The van der Waals surface area contributed by atoms with Crippen LogP contribution in [-0.2, 0) is 19.6 Å². The van der Waals surface area contributed by atoms with E-state index in [-0.39, 0.29) is 0 Å². The van der Waals surface area contributed by atoms with Gasteiger partial charge in [0.25, 0.3) is 0 Å². The first-order valence-corrected chi connectivity index (χ1v) is 4.71. The zero-order valence-corrected chi connectivity index (χ0v) is 9.16. The summed E-state index contributed by atoms with van der Waals surface area (Å²) in [5.74, 6) is 0. The summed E-state index contributed by atoms with van der Waals surface area (Å²) in [6, 6.07) is 0. The molecule has 0 aromatic heterocycles. The highest BCUT2D eigenvalue weighted by molar-refractivity contribution is 5.58. The van der Waals surface area contributed by atoms with Gasteiger partial charge in [-0.2, -0.15) is 4.89 Å². The maximum absolute atomic E-state index is 10.7. The SMILES string of the molecule is CCCOC(=O)OOOC(C)(C)CC. The smallest absolute Gasteiger partial charge is 0.432 e. The maximum Gasteiger partial charge on any atom is 0.542 e. The predicted molar refractivity (Wildman–Crippen MR) is 49.3 cm³/mol. The van der Waals surface area contributed by atoms with Crippen molar-refractivity contribution in [1.29, 1.82) is 0 Å². The fourth-order valence-corrected chi connectivity index (χ4v) is 0.405. The summed E-state index contributed by atoms with van der Waals surface area (Å²) in [5, 5.41) is 4.27. The minimum atomic E-state index is -0.890. The molecule has 0 heterocycles. The van der Waals surface area contributed by atoms with Crippen LogP contribution in [0, 0.1) is 0 Å². The minimum absolute atomic E-state index is 0.305. The van der Waals surface area contributed by atoms with Crippen LogP contribution in [0.3, 0.4) is 0 Å². The van der Waals surface area contributed by atoms with Crippen molar-refractivity contribution in [2.45, 2.75) is 46.1 Å². The van der Waals surface area contributed by atoms with Gasteiger partial charge >= 0.3 is 6.16 Å². The first kappa shape index (κ1) is 13.2. The van der Waals surface area contributed by atoms with Crippen LogP contribution in [0.15, 0.2) is 0 Å². The summed E-state index contributed by atoms with van der Waals surface area (Å²) in [4.78, 5) is 19.7. The molecule has 0 unspecified atom stereocenters. The lowest BCUT2D eigenvalue weighted by molar-refractivity contribution is -0.517. The minimum Gasteiger partial charge on any atom is -0.432 e. The molecular formula is C9H18O5. The van der Waals surface area contributed by atoms with E-state index in [0.717, 1.165) is 12.8 Å². The van der Waals surface area contributed by atoms with Crippen molar-refractivity contribution in [3.8, 4) is 0 Å². The molecule has 0 radical (unpaired) electrons. The Kier molecular flexibility index (Phi) is 6.23. The summed E-state index contributed by atoms with van der Waals surface area (Å²) in [6.07, 6.45) is 0.579. The molecular weight excluding hydrogens is 188 g/mol. The summed E-state index contributed by atoms with van der Waals surface area (Å²) in [7, 11) is 0. The summed E-state index contributed by atoms with van der Waals surface area (Å²) < 4.78 is 4.57. The largest absolute Gasteiger partial charge is 0.542 e. The summed E-state index contributed by atoms with van der Waals surface area (Å²) in [6.45, 7) is 7.74. The fourth-order valence-electron chi connectivity index (χ4n) is 0.405. The van der Waals surface area contributed by atoms with Crippen LogP contribution in [0.1, 0.15) is 40.5 Å². The van der Waals surface area contributed by atoms with Crippen LogP contribution < -0.4 is 0 Å². The van der Waals surface area contributed by atoms with Crippen LogP contribution in [0.2, 0.25) is 0 Å². The van der Waals surface area contributed by atoms with Crippen LogP contribution in [0.5, 0.6) is 0 Å². The van der Waals surface area contributed by atoms with Crippen molar-refractivity contribution < 1.29 is 24.3 Å². The van der Waals surface area contributed by atoms with Crippen LogP contribution >= 0.6 is 0 Å². The number of hydrogen-bond donors (Lipinski definition) is 0. The molecule has 0 saturated heterocycles. The lowest BCUT2D eigenvalue weighted by Gasteiger charge is -2.19. The number of ether oxygens (including phenoxy) is 1. The first-order chi connectivity index (χ1) is 6.52. The Morgan fingerprint density at radius 1 is 1.29 bits per heavy atom. The van der Waals surface area contributed by atoms with Gasteiger partial charge < -0.3 is 4.74 Å². The zero-order chi connectivity index (χ0) is 11.0. The van der Waals surface area contributed by atoms with Crippen molar-refractivity contribution in [2.75, 3.05) is 6.61 Å². The van der Waals surface area contributed by atoms with Crippen molar-refractivity contribution in [1.82, 2.24) is 0 Å². The van der Waals surface area contributed by atoms with E-state index in [1.54, 1.807) is 0 Å². The first-order valence-electron chi connectivity index (χ1n) is 4.71. The van der Waals surface area contributed by atoms with E-state index in [1.807, 2.05) is 27.7 Å². The second-order valence-electron chi connectivity index (χ2n) is 3.45. The number of carbonyl (C=O) groups excluding carboxylic acids is 1. The van der Waals surface area contributed by atoms with Crippen LogP contribution in [-0.4, -0.2) is 18.4 Å². The molecule has 0 N–H and O–H groups in total. The topological polar surface area (TPSA) is 54.0 Å². The molecule has 0 atom stereocenters. The molecule has 0 amide bonds. The van der Waals surface area contributed by atoms with Gasteiger partial charge in [-0.1, -0.05) is 13.8 Å². The molecule has 0 bridgehead atoms. The second kappa shape index (κ2) is 6.62. The monoisotopic (exact) mass is 206 g/mol. The van der Waals surface area contributed by atoms with Crippen molar-refractivity contribution in [2.24, 2.45) is 0 Å². The molecule has 0 aromatic rings. The maximum atomic E-state index is 10.7. The van der Waals surface area contributed by atoms with Crippen LogP contribution in [0.25, 0.3) is 0 Å². The standard InChI is InChI=1S/C9H18O5/c1-5-7-11-8(10)12-14-13-9(3,4)6-2/h5-7H2,1-4H3. The molecule has 0 aliphatic heterocycles. The quantitative estimate of drug-likeness (QED) is 0.380. The zero-order valence-electron chi connectivity index (χ0n) is 9.16. The van der Waals surface area contributed by atoms with E-state index < -0.39 is 11.8 Å². The number of hydrogen-bond acceptors (Lipinski definition) is 5. The van der Waals surface area contributed by atoms with E-state index in [1.165, 1.54) is 0 Å². The highest BCUT2D eigenvalue weighted by Gasteiger charge is 2.18. The summed E-state index contributed by atoms with van der Waals surface area (Å²) in [5.41, 5.74) is -0.481. The molecule has 0 spiro atoms. The van der Waals surface area contributed by atoms with Gasteiger partial charge in [-0.25, -0.2) is 9.68 Å². The van der Waals surface area contributed by atoms with Crippen molar-refractivity contribution in [3.05, 3.63) is 0 Å². The molecule has 0 saturated carbocycles. The van der Waals surface area contributed by atoms with Gasteiger partial charge in [-0.3, -0.25) is 0 Å². The highest BCUT2D eigenvalue weighted by atomic mass is 17.5. The third-order valence-electron chi connectivity index (χ3n) is 1.64. The molecule has 0 rings (SSSR count). The molecule has 0 fully saturated rings. The molecule has 5 nitrogen and oxygen atoms in total. The third kappa shape index (κ3) is 6.68. The molecule has 0 aromatic carbocycles. The lowest BCUT2D eigenvalue weighted by atomic mass is 10.1. The van der Waals surface area contributed by atoms with Crippen molar-refractivity contribution in [3.63, 3.8) is 0 Å². The Labute approximate surface area is 84.1 Å². The molecule has 5 heteroatoms. The Bertz CT molecular complexity index is 167. The Hall–Kier alpha value is -0.810. The van der Waals surface area contributed by atoms with Gasteiger partial charge in [0, 0.05) is 0 Å². The van der Waals surface area contributed by atoms with Gasteiger partial charge in [0.2, 0.25) is 0 Å². The second-order valence-corrected chi connectivity index (χ2v) is 3.45. The molecule has 0 aliphatic carbocycles. The van der Waals surface area contributed by atoms with Gasteiger partial charge in [-0.15, -0.1) is 0 Å². The predicted octanol–water partition coefficient (Wildman–Crippen LogP) is 2.60. The third-order valence-corrected chi connectivity index (χ3v) is 1.64. The number of rotatable bonds is 6. The van der Waals surface area contributed by atoms with Gasteiger partial charge in [0.05, 0.1) is 6.61 Å². The van der Waals surface area contributed by atoms with E-state index >= 15 is 0 Å².